The van der Waals surface area contributed by atoms with E-state index in [0.29, 0.717) is 22.8 Å². The van der Waals surface area contributed by atoms with E-state index in [0.717, 1.165) is 0 Å². The summed E-state index contributed by atoms with van der Waals surface area (Å²) >= 11 is 0. The van der Waals surface area contributed by atoms with Gasteiger partial charge in [-0.3, -0.25) is 14.7 Å². The third kappa shape index (κ3) is 5.57. The van der Waals surface area contributed by atoms with E-state index in [1.54, 1.807) is 43.3 Å². The number of ether oxygens (including phenoxy) is 3. The molecule has 1 aromatic carbocycles. The number of benzene rings is 1. The highest BCUT2D eigenvalue weighted by Crippen LogP contribution is 2.41. The summed E-state index contributed by atoms with van der Waals surface area (Å²) in [6, 6.07) is 13.1. The third-order valence-corrected chi connectivity index (χ3v) is 6.49. The Balaban J connectivity index is 1.67. The van der Waals surface area contributed by atoms with Crippen LogP contribution in [-0.4, -0.2) is 62.7 Å². The second kappa shape index (κ2) is 11.1. The molecule has 0 aliphatic heterocycles. The molecule has 198 valence electrons. The number of pyridine rings is 2. The smallest absolute Gasteiger partial charge is 0.264 e. The van der Waals surface area contributed by atoms with E-state index in [-0.39, 0.29) is 40.6 Å². The monoisotopic (exact) mass is 547 g/mol. The number of rotatable bonds is 10. The van der Waals surface area contributed by atoms with Crippen LogP contribution in [0, 0.1) is 0 Å². The van der Waals surface area contributed by atoms with Gasteiger partial charge in [0, 0.05) is 24.2 Å². The number of H-pyrrole nitrogens is 1. The van der Waals surface area contributed by atoms with Gasteiger partial charge in [-0.05, 0) is 48.5 Å². The summed E-state index contributed by atoms with van der Waals surface area (Å²) in [5.41, 5.74) is 0.881. The highest BCUT2D eigenvalue weighted by atomic mass is 32.2. The number of aromatic amines is 1. The van der Waals surface area contributed by atoms with Crippen LogP contribution in [0.4, 0.5) is 5.82 Å². The first-order valence-electron chi connectivity index (χ1n) is 11.5. The number of nitrogens with zero attached hydrogens (tertiary/aromatic N) is 7. The predicted octanol–water partition coefficient (Wildman–Crippen LogP) is 3.11. The Hall–Kier alpha value is -5.18. The molecule has 2 N–H and O–H groups in total. The van der Waals surface area contributed by atoms with Crippen molar-refractivity contribution in [3.63, 3.8) is 0 Å². The van der Waals surface area contributed by atoms with Gasteiger partial charge in [-0.1, -0.05) is 12.1 Å². The molecule has 0 amide bonds. The van der Waals surface area contributed by atoms with Crippen LogP contribution >= 0.6 is 0 Å². The van der Waals surface area contributed by atoms with Crippen LogP contribution in [0.1, 0.15) is 6.92 Å². The molecule has 0 atom stereocenters. The highest BCUT2D eigenvalue weighted by molar-refractivity contribution is 7.92. The number of methoxy groups -OCH3 is 1. The van der Waals surface area contributed by atoms with Crippen LogP contribution in [0.3, 0.4) is 0 Å². The molecule has 0 spiro atoms. The fourth-order valence-electron chi connectivity index (χ4n) is 3.42. The summed E-state index contributed by atoms with van der Waals surface area (Å²) < 4.78 is 46.4. The summed E-state index contributed by atoms with van der Waals surface area (Å²) in [6.07, 6.45) is 4.20. The van der Waals surface area contributed by atoms with Gasteiger partial charge < -0.3 is 14.2 Å². The van der Waals surface area contributed by atoms with Crippen molar-refractivity contribution in [2.45, 2.75) is 11.8 Å². The first-order chi connectivity index (χ1) is 19.0. The quantitative estimate of drug-likeness (QED) is 0.261. The average Bonchev–Trinajstić information content (AvgIpc) is 3.51. The molecule has 4 heterocycles. The number of tetrazole rings is 1. The van der Waals surface area contributed by atoms with E-state index in [4.69, 9.17) is 14.2 Å². The number of para-hydroxylation sites is 2. The van der Waals surface area contributed by atoms with Gasteiger partial charge in [-0.25, -0.2) is 13.4 Å². The number of nitrogens with one attached hydrogen (secondary N) is 2. The Bertz CT molecular complexity index is 1680. The molecule has 0 unspecified atom stereocenters. The summed E-state index contributed by atoms with van der Waals surface area (Å²) in [6.45, 7) is 1.97. The first kappa shape index (κ1) is 25.5. The molecule has 5 rings (SSSR count). The number of sulfonamides is 1. The second-order valence-electron chi connectivity index (χ2n) is 7.68. The molecule has 0 saturated carbocycles. The van der Waals surface area contributed by atoms with Crippen molar-refractivity contribution in [2.75, 3.05) is 18.4 Å². The van der Waals surface area contributed by atoms with E-state index in [1.165, 1.54) is 37.8 Å². The van der Waals surface area contributed by atoms with Crippen LogP contribution in [0.15, 0.2) is 72.0 Å². The van der Waals surface area contributed by atoms with Crippen molar-refractivity contribution in [1.82, 2.24) is 40.6 Å². The SMILES string of the molecule is CCOc1nc(-c2ccnc(-c3nn[nH]n3)c2)nc(NS(=O)(=O)c2cccnc2)c1Oc1ccccc1OC. The van der Waals surface area contributed by atoms with Crippen LogP contribution in [-0.2, 0) is 10.0 Å². The predicted molar refractivity (Wildman–Crippen MR) is 138 cm³/mol. The van der Waals surface area contributed by atoms with Crippen molar-refractivity contribution < 1.29 is 22.6 Å². The van der Waals surface area contributed by atoms with E-state index in [9.17, 15) is 8.42 Å². The fraction of sp³-hybridized carbons (Fsp3) is 0.125. The van der Waals surface area contributed by atoms with Crippen molar-refractivity contribution in [3.05, 3.63) is 67.1 Å². The minimum absolute atomic E-state index is 0.00443. The lowest BCUT2D eigenvalue weighted by Gasteiger charge is -2.18. The van der Waals surface area contributed by atoms with Crippen molar-refractivity contribution in [1.29, 1.82) is 0 Å². The van der Waals surface area contributed by atoms with E-state index in [2.05, 4.69) is 45.3 Å². The number of hydrogen-bond donors (Lipinski definition) is 2. The Morgan fingerprint density at radius 2 is 1.85 bits per heavy atom. The minimum atomic E-state index is -4.13. The van der Waals surface area contributed by atoms with Gasteiger partial charge in [0.2, 0.25) is 11.6 Å². The molecule has 15 heteroatoms. The second-order valence-corrected chi connectivity index (χ2v) is 9.36. The molecular weight excluding hydrogens is 526 g/mol. The molecule has 0 aliphatic carbocycles. The third-order valence-electron chi connectivity index (χ3n) is 5.16. The molecular formula is C24H21N9O5S. The Labute approximate surface area is 222 Å². The lowest BCUT2D eigenvalue weighted by molar-refractivity contribution is 0.304. The molecule has 0 bridgehead atoms. The topological polar surface area (TPSA) is 180 Å². The van der Waals surface area contributed by atoms with E-state index >= 15 is 0 Å². The zero-order chi connectivity index (χ0) is 27.2. The Morgan fingerprint density at radius 1 is 1.00 bits per heavy atom. The molecule has 5 aromatic rings. The van der Waals surface area contributed by atoms with Gasteiger partial charge in [0.05, 0.1) is 13.7 Å². The lowest BCUT2D eigenvalue weighted by Crippen LogP contribution is -2.16. The van der Waals surface area contributed by atoms with Gasteiger partial charge in [-0.15, -0.1) is 10.2 Å². The van der Waals surface area contributed by atoms with Gasteiger partial charge >= 0.3 is 0 Å². The van der Waals surface area contributed by atoms with Crippen LogP contribution in [0.2, 0.25) is 0 Å². The maximum atomic E-state index is 13.3. The van der Waals surface area contributed by atoms with E-state index < -0.39 is 10.0 Å². The largest absolute Gasteiger partial charge is 0.493 e. The summed E-state index contributed by atoms with van der Waals surface area (Å²) in [5.74, 6) is 0.847. The highest BCUT2D eigenvalue weighted by Gasteiger charge is 2.25. The molecule has 0 aliphatic rings. The molecule has 4 aromatic heterocycles. The van der Waals surface area contributed by atoms with Crippen LogP contribution in [0.5, 0.6) is 23.1 Å². The lowest BCUT2D eigenvalue weighted by atomic mass is 10.2. The maximum Gasteiger partial charge on any atom is 0.264 e. The molecule has 39 heavy (non-hydrogen) atoms. The van der Waals surface area contributed by atoms with Crippen molar-refractivity contribution in [3.8, 4) is 46.0 Å². The normalized spacial score (nSPS) is 11.1. The summed E-state index contributed by atoms with van der Waals surface area (Å²) in [5, 5.41) is 13.8. The van der Waals surface area contributed by atoms with Crippen molar-refractivity contribution in [2.24, 2.45) is 0 Å². The van der Waals surface area contributed by atoms with Crippen molar-refractivity contribution >= 4 is 15.8 Å². The molecule has 0 fully saturated rings. The standard InChI is InChI=1S/C24H21N9O5S/c1-3-37-24-20(38-19-9-5-4-8-18(19)36-2)23(31-39(34,35)16-7-6-11-25-14-16)27-21(28-24)15-10-12-26-17(13-15)22-29-32-33-30-22/h4-14H,3H2,1-2H3,(H,27,28,31)(H,29,30,32,33). The van der Waals surface area contributed by atoms with Crippen LogP contribution in [0.25, 0.3) is 22.9 Å². The van der Waals surface area contributed by atoms with Crippen LogP contribution < -0.4 is 18.9 Å². The molecule has 0 saturated heterocycles. The van der Waals surface area contributed by atoms with Gasteiger partial charge in [0.15, 0.2) is 23.1 Å². The Morgan fingerprint density at radius 3 is 2.56 bits per heavy atom. The average molecular weight is 548 g/mol. The summed E-state index contributed by atoms with van der Waals surface area (Å²) in [4.78, 5) is 17.1. The fourth-order valence-corrected chi connectivity index (χ4v) is 4.39. The number of aromatic nitrogens is 8. The van der Waals surface area contributed by atoms with Gasteiger partial charge in [0.1, 0.15) is 10.6 Å². The molecule has 0 radical (unpaired) electrons. The van der Waals surface area contributed by atoms with Gasteiger partial charge in [-0.2, -0.15) is 10.2 Å². The number of anilines is 1. The van der Waals surface area contributed by atoms with Gasteiger partial charge in [0.25, 0.3) is 15.9 Å². The number of hydrogen-bond acceptors (Lipinski definition) is 12. The maximum absolute atomic E-state index is 13.3. The summed E-state index contributed by atoms with van der Waals surface area (Å²) in [7, 11) is -2.64. The zero-order valence-corrected chi connectivity index (χ0v) is 21.5. The zero-order valence-electron chi connectivity index (χ0n) is 20.6. The van der Waals surface area contributed by atoms with E-state index in [1.807, 2.05) is 0 Å². The minimum Gasteiger partial charge on any atom is -0.493 e. The molecule has 14 nitrogen and oxygen atoms in total. The Kier molecular flexibility index (Phi) is 7.22. The first-order valence-corrected chi connectivity index (χ1v) is 13.0.